The van der Waals surface area contributed by atoms with E-state index in [4.69, 9.17) is 4.74 Å². The lowest BCUT2D eigenvalue weighted by atomic mass is 10.1. The first-order chi connectivity index (χ1) is 15.7. The van der Waals surface area contributed by atoms with E-state index in [9.17, 15) is 26.7 Å². The fraction of sp³-hybridized carbons (Fsp3) is 0.167. The first kappa shape index (κ1) is 22.4. The number of hydrogen-bond acceptors (Lipinski definition) is 3. The SMILES string of the molecule is COc1ccc(F)c(F)c1-c1ccc2c(n1)CC=C2NC(=O)Cc1ccc(C(F)(F)F)cc1. The maximum absolute atomic E-state index is 14.4. The number of carbonyl (C=O) groups excluding carboxylic acids is 1. The molecule has 170 valence electrons. The molecule has 33 heavy (non-hydrogen) atoms. The van der Waals surface area contributed by atoms with E-state index < -0.39 is 29.3 Å². The summed E-state index contributed by atoms with van der Waals surface area (Å²) in [4.78, 5) is 16.8. The molecule has 0 atom stereocenters. The lowest BCUT2D eigenvalue weighted by Gasteiger charge is -2.12. The van der Waals surface area contributed by atoms with Crippen molar-refractivity contribution < 1.29 is 31.5 Å². The number of methoxy groups -OCH3 is 1. The highest BCUT2D eigenvalue weighted by atomic mass is 19.4. The van der Waals surface area contributed by atoms with Crippen molar-refractivity contribution in [2.75, 3.05) is 7.11 Å². The van der Waals surface area contributed by atoms with E-state index in [0.29, 0.717) is 28.9 Å². The number of benzene rings is 2. The molecule has 2 aromatic carbocycles. The molecular formula is C24H17F5N2O2. The van der Waals surface area contributed by atoms with Crippen LogP contribution in [-0.4, -0.2) is 18.0 Å². The third-order valence-corrected chi connectivity index (χ3v) is 5.22. The summed E-state index contributed by atoms with van der Waals surface area (Å²) < 4.78 is 71.3. The lowest BCUT2D eigenvalue weighted by molar-refractivity contribution is -0.137. The molecule has 0 unspecified atom stereocenters. The zero-order valence-corrected chi connectivity index (χ0v) is 17.3. The Bertz CT molecular complexity index is 1250. The second-order valence-electron chi connectivity index (χ2n) is 7.37. The van der Waals surface area contributed by atoms with Crippen LogP contribution in [0.15, 0.2) is 54.6 Å². The van der Waals surface area contributed by atoms with Crippen molar-refractivity contribution in [2.24, 2.45) is 0 Å². The molecule has 0 radical (unpaired) electrons. The minimum Gasteiger partial charge on any atom is -0.496 e. The molecule has 0 spiro atoms. The number of ether oxygens (including phenoxy) is 1. The molecule has 1 amide bonds. The van der Waals surface area contributed by atoms with Gasteiger partial charge in [0.25, 0.3) is 0 Å². The van der Waals surface area contributed by atoms with Gasteiger partial charge in [-0.05, 0) is 42.0 Å². The van der Waals surface area contributed by atoms with Gasteiger partial charge < -0.3 is 10.1 Å². The van der Waals surface area contributed by atoms with E-state index in [2.05, 4.69) is 10.3 Å². The molecule has 1 aliphatic rings. The van der Waals surface area contributed by atoms with Crippen LogP contribution in [0.3, 0.4) is 0 Å². The van der Waals surface area contributed by atoms with Gasteiger partial charge in [-0.1, -0.05) is 18.2 Å². The standard InChI is InChI=1S/C24H17F5N2O2/c1-33-20-11-7-16(25)23(26)22(20)19-8-6-15-17(30-19)9-10-18(15)31-21(32)12-13-2-4-14(5-3-13)24(27,28)29/h2-8,10-11H,9,12H2,1H3,(H,31,32). The molecule has 4 rings (SSSR count). The molecule has 0 saturated carbocycles. The van der Waals surface area contributed by atoms with E-state index in [1.807, 2.05) is 0 Å². The Kier molecular flexibility index (Phi) is 5.88. The van der Waals surface area contributed by atoms with E-state index >= 15 is 0 Å². The van der Waals surface area contributed by atoms with Crippen LogP contribution in [0.2, 0.25) is 0 Å². The number of fused-ring (bicyclic) bond motifs is 1. The zero-order valence-electron chi connectivity index (χ0n) is 17.3. The Balaban J connectivity index is 1.50. The van der Waals surface area contributed by atoms with Crippen LogP contribution in [0.5, 0.6) is 5.75 Å². The number of nitrogens with zero attached hydrogens (tertiary/aromatic N) is 1. The maximum atomic E-state index is 14.4. The summed E-state index contributed by atoms with van der Waals surface area (Å²) in [6.07, 6.45) is -2.46. The lowest BCUT2D eigenvalue weighted by Crippen LogP contribution is -2.23. The van der Waals surface area contributed by atoms with Gasteiger partial charge in [-0.3, -0.25) is 9.78 Å². The van der Waals surface area contributed by atoms with Crippen LogP contribution >= 0.6 is 0 Å². The average Bonchev–Trinajstić information content (AvgIpc) is 3.17. The van der Waals surface area contributed by atoms with Crippen LogP contribution in [0, 0.1) is 11.6 Å². The summed E-state index contributed by atoms with van der Waals surface area (Å²) in [6.45, 7) is 0. The molecule has 0 aliphatic heterocycles. The predicted octanol–water partition coefficient (Wildman–Crippen LogP) is 5.31. The van der Waals surface area contributed by atoms with Crippen molar-refractivity contribution in [1.82, 2.24) is 10.3 Å². The van der Waals surface area contributed by atoms with Crippen LogP contribution in [-0.2, 0) is 23.8 Å². The maximum Gasteiger partial charge on any atom is 0.416 e. The highest BCUT2D eigenvalue weighted by Crippen LogP contribution is 2.35. The molecular weight excluding hydrogens is 443 g/mol. The van der Waals surface area contributed by atoms with E-state index in [-0.39, 0.29) is 23.4 Å². The number of alkyl halides is 3. The van der Waals surface area contributed by atoms with Gasteiger partial charge in [0.1, 0.15) is 5.75 Å². The highest BCUT2D eigenvalue weighted by molar-refractivity contribution is 5.90. The first-order valence-electron chi connectivity index (χ1n) is 9.86. The summed E-state index contributed by atoms with van der Waals surface area (Å²) in [7, 11) is 1.34. The number of halogens is 5. The Morgan fingerprint density at radius 2 is 1.79 bits per heavy atom. The fourth-order valence-corrected chi connectivity index (χ4v) is 3.60. The van der Waals surface area contributed by atoms with Crippen LogP contribution in [0.25, 0.3) is 17.0 Å². The molecule has 0 bridgehead atoms. The number of pyridine rings is 1. The smallest absolute Gasteiger partial charge is 0.416 e. The minimum absolute atomic E-state index is 0.0971. The molecule has 1 aromatic heterocycles. The molecule has 4 nitrogen and oxygen atoms in total. The summed E-state index contributed by atoms with van der Waals surface area (Å²) >= 11 is 0. The van der Waals surface area contributed by atoms with Gasteiger partial charge in [-0.2, -0.15) is 13.2 Å². The summed E-state index contributed by atoms with van der Waals surface area (Å²) in [5, 5.41) is 2.73. The Labute approximate surface area is 185 Å². The summed E-state index contributed by atoms with van der Waals surface area (Å²) in [6, 6.07) is 9.79. The molecule has 1 heterocycles. The molecule has 3 aromatic rings. The normalized spacial score (nSPS) is 12.8. The van der Waals surface area contributed by atoms with Gasteiger partial charge in [0.15, 0.2) is 11.6 Å². The summed E-state index contributed by atoms with van der Waals surface area (Å²) in [5.74, 6) is -2.37. The van der Waals surface area contributed by atoms with Crippen LogP contribution < -0.4 is 10.1 Å². The van der Waals surface area contributed by atoms with E-state index in [1.165, 1.54) is 31.4 Å². The van der Waals surface area contributed by atoms with Gasteiger partial charge in [-0.15, -0.1) is 0 Å². The van der Waals surface area contributed by atoms with Crippen LogP contribution in [0.4, 0.5) is 22.0 Å². The second-order valence-corrected chi connectivity index (χ2v) is 7.37. The fourth-order valence-electron chi connectivity index (χ4n) is 3.60. The van der Waals surface area contributed by atoms with E-state index in [0.717, 1.165) is 18.2 Å². The number of allylic oxidation sites excluding steroid dienone is 1. The number of rotatable bonds is 5. The van der Waals surface area contributed by atoms with E-state index in [1.54, 1.807) is 12.1 Å². The predicted molar refractivity (Wildman–Crippen MR) is 111 cm³/mol. The van der Waals surface area contributed by atoms with Crippen molar-refractivity contribution >= 4 is 11.6 Å². The Morgan fingerprint density at radius 1 is 1.06 bits per heavy atom. The number of nitrogens with one attached hydrogen (secondary N) is 1. The van der Waals surface area contributed by atoms with Crippen molar-refractivity contribution in [2.45, 2.75) is 19.0 Å². The number of carbonyl (C=O) groups is 1. The Hall–Kier alpha value is -3.75. The highest BCUT2D eigenvalue weighted by Gasteiger charge is 2.30. The second kappa shape index (κ2) is 8.65. The topological polar surface area (TPSA) is 51.2 Å². The van der Waals surface area contributed by atoms with Gasteiger partial charge in [-0.25, -0.2) is 8.78 Å². The molecule has 9 heteroatoms. The third kappa shape index (κ3) is 4.57. The molecule has 1 N–H and O–H groups in total. The molecule has 0 saturated heterocycles. The number of hydrogen-bond donors (Lipinski definition) is 1. The van der Waals surface area contributed by atoms with Gasteiger partial charge in [0, 0.05) is 17.7 Å². The van der Waals surface area contributed by atoms with Gasteiger partial charge >= 0.3 is 6.18 Å². The molecule has 0 fully saturated rings. The number of aromatic nitrogens is 1. The van der Waals surface area contributed by atoms with Crippen molar-refractivity contribution in [3.63, 3.8) is 0 Å². The quantitative estimate of drug-likeness (QED) is 0.525. The first-order valence-corrected chi connectivity index (χ1v) is 9.86. The van der Waals surface area contributed by atoms with Crippen molar-refractivity contribution in [3.05, 3.63) is 88.6 Å². The third-order valence-electron chi connectivity index (χ3n) is 5.22. The molecule has 1 aliphatic carbocycles. The van der Waals surface area contributed by atoms with Crippen LogP contribution in [0.1, 0.15) is 22.4 Å². The average molecular weight is 460 g/mol. The van der Waals surface area contributed by atoms with Gasteiger partial charge in [0.2, 0.25) is 5.91 Å². The zero-order chi connectivity index (χ0) is 23.8. The summed E-state index contributed by atoms with van der Waals surface area (Å²) in [5.41, 5.74) is 1.41. The minimum atomic E-state index is -4.44. The largest absolute Gasteiger partial charge is 0.496 e. The number of amides is 1. The van der Waals surface area contributed by atoms with Crippen molar-refractivity contribution in [3.8, 4) is 17.0 Å². The van der Waals surface area contributed by atoms with Gasteiger partial charge in [0.05, 0.1) is 36.0 Å². The Morgan fingerprint density at radius 3 is 2.45 bits per heavy atom. The van der Waals surface area contributed by atoms with Crippen molar-refractivity contribution in [1.29, 1.82) is 0 Å². The monoisotopic (exact) mass is 460 g/mol.